The van der Waals surface area contributed by atoms with E-state index in [2.05, 4.69) is 15.4 Å². The minimum atomic E-state index is -3.78. The zero-order chi connectivity index (χ0) is 32.6. The summed E-state index contributed by atoms with van der Waals surface area (Å²) in [7, 11) is 0. The van der Waals surface area contributed by atoms with Gasteiger partial charge in [-0.3, -0.25) is 24.0 Å². The van der Waals surface area contributed by atoms with Crippen LogP contribution in [0.25, 0.3) is 11.1 Å². The van der Waals surface area contributed by atoms with E-state index in [1.54, 1.807) is 6.07 Å². The van der Waals surface area contributed by atoms with Crippen molar-refractivity contribution in [3.63, 3.8) is 0 Å². The van der Waals surface area contributed by atoms with Crippen LogP contribution >= 0.6 is 0 Å². The number of halogens is 7. The highest BCUT2D eigenvalue weighted by molar-refractivity contribution is 5.98. The van der Waals surface area contributed by atoms with Crippen molar-refractivity contribution < 1.29 is 45.1 Å². The molecule has 0 spiro atoms. The highest BCUT2D eigenvalue weighted by Crippen LogP contribution is 2.44. The van der Waals surface area contributed by atoms with Crippen LogP contribution in [0.5, 0.6) is 0 Å². The van der Waals surface area contributed by atoms with E-state index in [9.17, 15) is 45.1 Å². The molecule has 0 fully saturated rings. The SMILES string of the molecule is NC(=O)c1cc(-c2cccnc2CC(NC(=O)Cn2nc(C(F)F)c3c2C(=O)CCC3(F)F)c2cc(F)cc(F)c2)ccc1F. The summed E-state index contributed by atoms with van der Waals surface area (Å²) < 4.78 is 99.6. The predicted octanol–water partition coefficient (Wildman–Crippen LogP) is 5.57. The summed E-state index contributed by atoms with van der Waals surface area (Å²) in [6, 6.07) is 7.79. The lowest BCUT2D eigenvalue weighted by atomic mass is 9.91. The van der Waals surface area contributed by atoms with E-state index in [0.29, 0.717) is 21.9 Å². The number of nitrogens with two attached hydrogens (primary N) is 1. The minimum absolute atomic E-state index is 0.0900. The number of nitrogens with zero attached hydrogens (tertiary/aromatic N) is 3. The number of benzene rings is 2. The van der Waals surface area contributed by atoms with Crippen molar-refractivity contribution in [2.75, 3.05) is 0 Å². The van der Waals surface area contributed by atoms with Crippen LogP contribution in [0.15, 0.2) is 54.7 Å². The second-order valence-electron chi connectivity index (χ2n) is 10.3. The second-order valence-corrected chi connectivity index (χ2v) is 10.3. The Morgan fingerprint density at radius 1 is 1.04 bits per heavy atom. The fourth-order valence-electron chi connectivity index (χ4n) is 5.25. The largest absolute Gasteiger partial charge is 0.366 e. The first-order valence-corrected chi connectivity index (χ1v) is 13.3. The van der Waals surface area contributed by atoms with Crippen molar-refractivity contribution >= 4 is 17.6 Å². The first-order valence-electron chi connectivity index (χ1n) is 13.3. The summed E-state index contributed by atoms with van der Waals surface area (Å²) in [6.45, 7) is -0.958. The number of carbonyl (C=O) groups is 3. The molecule has 5 rings (SSSR count). The fourth-order valence-corrected chi connectivity index (χ4v) is 5.25. The van der Waals surface area contributed by atoms with Crippen molar-refractivity contribution in [2.24, 2.45) is 5.73 Å². The molecule has 15 heteroatoms. The summed E-state index contributed by atoms with van der Waals surface area (Å²) >= 11 is 0. The molecule has 0 radical (unpaired) electrons. The van der Waals surface area contributed by atoms with E-state index < -0.39 is 95.3 Å². The Morgan fingerprint density at radius 3 is 2.42 bits per heavy atom. The number of amides is 2. The highest BCUT2D eigenvalue weighted by atomic mass is 19.3. The molecule has 1 aliphatic rings. The fraction of sp³-hybridized carbons (Fsp3) is 0.233. The van der Waals surface area contributed by atoms with Gasteiger partial charge >= 0.3 is 0 Å². The molecule has 2 amide bonds. The maximum Gasteiger partial charge on any atom is 0.282 e. The molecule has 1 atom stereocenters. The average Bonchev–Trinajstić information content (AvgIpc) is 3.36. The predicted molar refractivity (Wildman–Crippen MR) is 144 cm³/mol. The second kappa shape index (κ2) is 12.1. The van der Waals surface area contributed by atoms with Gasteiger partial charge < -0.3 is 11.1 Å². The van der Waals surface area contributed by atoms with Gasteiger partial charge in [0, 0.05) is 37.1 Å². The number of carbonyl (C=O) groups excluding carboxylic acids is 3. The summed E-state index contributed by atoms with van der Waals surface area (Å²) in [6.07, 6.45) is -4.01. The summed E-state index contributed by atoms with van der Waals surface area (Å²) in [4.78, 5) is 41.7. The third-order valence-corrected chi connectivity index (χ3v) is 7.23. The number of alkyl halides is 4. The van der Waals surface area contributed by atoms with Crippen molar-refractivity contribution in [3.8, 4) is 11.1 Å². The monoisotopic (exact) mass is 633 g/mol. The average molecular weight is 634 g/mol. The van der Waals surface area contributed by atoms with Crippen molar-refractivity contribution in [1.82, 2.24) is 20.1 Å². The molecule has 8 nitrogen and oxygen atoms in total. The topological polar surface area (TPSA) is 120 Å². The van der Waals surface area contributed by atoms with E-state index in [1.165, 1.54) is 24.4 Å². The molecule has 234 valence electrons. The number of Topliss-reactive ketones (excluding diaryl/α,β-unsaturated/α-hetero) is 1. The number of ketones is 1. The lowest BCUT2D eigenvalue weighted by Crippen LogP contribution is -2.35. The molecule has 0 saturated carbocycles. The molecule has 2 aromatic heterocycles. The first-order chi connectivity index (χ1) is 21.2. The van der Waals surface area contributed by atoms with Gasteiger partial charge in [-0.2, -0.15) is 5.10 Å². The zero-order valence-electron chi connectivity index (χ0n) is 23.0. The van der Waals surface area contributed by atoms with E-state index in [0.717, 1.165) is 18.2 Å². The van der Waals surface area contributed by atoms with E-state index >= 15 is 0 Å². The van der Waals surface area contributed by atoms with Crippen molar-refractivity contribution in [3.05, 3.63) is 106 Å². The van der Waals surface area contributed by atoms with Gasteiger partial charge in [0.05, 0.1) is 22.9 Å². The van der Waals surface area contributed by atoms with Gasteiger partial charge in [0.25, 0.3) is 18.3 Å². The third kappa shape index (κ3) is 6.42. The van der Waals surface area contributed by atoms with Crippen molar-refractivity contribution in [2.45, 2.75) is 44.2 Å². The number of rotatable bonds is 9. The maximum absolute atomic E-state index is 14.6. The summed E-state index contributed by atoms with van der Waals surface area (Å²) in [5.74, 6) is -9.60. The van der Waals surface area contributed by atoms with Crippen LogP contribution in [0.4, 0.5) is 30.7 Å². The van der Waals surface area contributed by atoms with Gasteiger partial charge in [0.1, 0.15) is 35.4 Å². The Labute approximate surface area is 250 Å². The van der Waals surface area contributed by atoms with Gasteiger partial charge in [-0.05, 0) is 41.5 Å². The molecule has 0 saturated heterocycles. The van der Waals surface area contributed by atoms with E-state index in [-0.39, 0.29) is 17.7 Å². The summed E-state index contributed by atoms with van der Waals surface area (Å²) in [5, 5.41) is 5.95. The van der Waals surface area contributed by atoms with Crippen LogP contribution < -0.4 is 11.1 Å². The Morgan fingerprint density at radius 2 is 1.76 bits per heavy atom. The minimum Gasteiger partial charge on any atom is -0.366 e. The lowest BCUT2D eigenvalue weighted by molar-refractivity contribution is -0.122. The number of fused-ring (bicyclic) bond motifs is 1. The van der Waals surface area contributed by atoms with Crippen LogP contribution in [-0.2, 0) is 23.7 Å². The smallest absolute Gasteiger partial charge is 0.282 e. The molecule has 3 N–H and O–H groups in total. The zero-order valence-corrected chi connectivity index (χ0v) is 23.0. The van der Waals surface area contributed by atoms with Crippen LogP contribution in [-0.4, -0.2) is 32.4 Å². The van der Waals surface area contributed by atoms with Gasteiger partial charge in [0.2, 0.25) is 5.91 Å². The van der Waals surface area contributed by atoms with Crippen LogP contribution in [0, 0.1) is 17.5 Å². The van der Waals surface area contributed by atoms with E-state index in [4.69, 9.17) is 5.73 Å². The molecule has 2 heterocycles. The number of aromatic nitrogens is 3. The molecular formula is C30H22F7N5O3. The highest BCUT2D eigenvalue weighted by Gasteiger charge is 2.47. The van der Waals surface area contributed by atoms with Gasteiger partial charge in [-0.25, -0.2) is 30.7 Å². The van der Waals surface area contributed by atoms with Crippen molar-refractivity contribution in [1.29, 1.82) is 0 Å². The lowest BCUT2D eigenvalue weighted by Gasteiger charge is -2.23. The van der Waals surface area contributed by atoms with Gasteiger partial charge in [-0.1, -0.05) is 12.1 Å². The molecule has 1 unspecified atom stereocenters. The van der Waals surface area contributed by atoms with Crippen LogP contribution in [0.1, 0.15) is 68.7 Å². The number of primary amides is 1. The molecule has 2 aromatic carbocycles. The summed E-state index contributed by atoms with van der Waals surface area (Å²) in [5.41, 5.74) is 2.22. The Hall–Kier alpha value is -5.08. The third-order valence-electron chi connectivity index (χ3n) is 7.23. The first kappa shape index (κ1) is 31.3. The molecule has 45 heavy (non-hydrogen) atoms. The standard InChI is InChI=1S/C30H22F7N5O3/c31-16-8-15(9-17(32)11-16)21(12-22-18(2-1-7-39-22)14-3-4-20(33)19(10-14)29(38)45)40-24(44)13-42-27-23(43)5-6-30(36,37)25(27)26(41-42)28(34)35/h1-4,7-11,21,28H,5-6,12-13H2,(H2,38,45)(H,40,44). The maximum atomic E-state index is 14.6. The molecule has 0 aliphatic heterocycles. The Balaban J connectivity index is 1.51. The Bertz CT molecular complexity index is 1810. The number of pyridine rings is 1. The van der Waals surface area contributed by atoms with E-state index in [1.807, 2.05) is 0 Å². The molecule has 4 aromatic rings. The van der Waals surface area contributed by atoms with Crippen LogP contribution in [0.2, 0.25) is 0 Å². The number of nitrogens with one attached hydrogen (secondary N) is 1. The normalized spacial score (nSPS) is 14.7. The molecule has 0 bridgehead atoms. The number of hydrogen-bond acceptors (Lipinski definition) is 5. The number of hydrogen-bond donors (Lipinski definition) is 2. The van der Waals surface area contributed by atoms with Gasteiger partial charge in [0.15, 0.2) is 5.78 Å². The Kier molecular flexibility index (Phi) is 8.45. The quantitative estimate of drug-likeness (QED) is 0.234. The molecular weight excluding hydrogens is 611 g/mol. The van der Waals surface area contributed by atoms with Crippen LogP contribution in [0.3, 0.4) is 0 Å². The van der Waals surface area contributed by atoms with Gasteiger partial charge in [-0.15, -0.1) is 0 Å². The molecule has 1 aliphatic carbocycles.